The second-order valence-electron chi connectivity index (χ2n) is 5.98. The Hall–Kier alpha value is -3.27. The number of para-hydroxylation sites is 1. The number of esters is 1. The minimum Gasteiger partial charge on any atom is -0.494 e. The van der Waals surface area contributed by atoms with Gasteiger partial charge in [-0.15, -0.1) is 0 Å². The third-order valence-corrected chi connectivity index (χ3v) is 4.36. The number of carbonyl (C=O) groups is 1. The second-order valence-corrected chi connectivity index (χ2v) is 5.98. The van der Waals surface area contributed by atoms with Gasteiger partial charge in [-0.25, -0.2) is 4.79 Å². The molecule has 0 spiro atoms. The Bertz CT molecular complexity index is 906. The highest BCUT2D eigenvalue weighted by Gasteiger charge is 2.36. The number of hydrogen-bond donors (Lipinski definition) is 0. The summed E-state index contributed by atoms with van der Waals surface area (Å²) >= 11 is 0. The van der Waals surface area contributed by atoms with Gasteiger partial charge in [-0.1, -0.05) is 36.4 Å². The molecule has 0 aliphatic carbocycles. The molecule has 0 saturated carbocycles. The number of fused-ring (bicyclic) bond motifs is 1. The van der Waals surface area contributed by atoms with E-state index in [1.807, 2.05) is 84.6 Å². The van der Waals surface area contributed by atoms with Gasteiger partial charge in [0.25, 0.3) is 0 Å². The lowest BCUT2D eigenvalue weighted by molar-refractivity contribution is 0.0399. The highest BCUT2D eigenvalue weighted by atomic mass is 16.6. The normalized spacial score (nSPS) is 15.3. The zero-order valence-corrected chi connectivity index (χ0v) is 14.5. The van der Waals surface area contributed by atoms with Crippen molar-refractivity contribution in [2.75, 3.05) is 11.5 Å². The second kappa shape index (κ2) is 6.92. The van der Waals surface area contributed by atoms with Crippen molar-refractivity contribution in [3.63, 3.8) is 0 Å². The maximum atomic E-state index is 12.3. The molecule has 0 fully saturated rings. The first kappa shape index (κ1) is 16.2. The van der Waals surface area contributed by atoms with Crippen LogP contribution in [0.15, 0.2) is 78.9 Å². The van der Waals surface area contributed by atoms with Crippen LogP contribution in [0.1, 0.15) is 29.1 Å². The number of rotatable bonds is 5. The van der Waals surface area contributed by atoms with Gasteiger partial charge in [0.15, 0.2) is 0 Å². The molecule has 4 nitrogen and oxygen atoms in total. The molecule has 1 atom stereocenters. The Morgan fingerprint density at radius 3 is 2.27 bits per heavy atom. The molecule has 0 amide bonds. The van der Waals surface area contributed by atoms with E-state index in [0.717, 1.165) is 22.7 Å². The summed E-state index contributed by atoms with van der Waals surface area (Å²) in [6, 6.07) is 25.3. The van der Waals surface area contributed by atoms with Crippen LogP contribution in [0.25, 0.3) is 0 Å². The Morgan fingerprint density at radius 2 is 1.54 bits per heavy atom. The van der Waals surface area contributed by atoms with E-state index in [-0.39, 0.29) is 5.97 Å². The molecule has 0 N–H and O–H groups in total. The number of carbonyl (C=O) groups excluding carboxylic acids is 1. The lowest BCUT2D eigenvalue weighted by Crippen LogP contribution is -2.23. The van der Waals surface area contributed by atoms with E-state index in [0.29, 0.717) is 12.2 Å². The summed E-state index contributed by atoms with van der Waals surface area (Å²) < 4.78 is 11.3. The molecule has 1 aliphatic heterocycles. The van der Waals surface area contributed by atoms with Crippen LogP contribution in [0.2, 0.25) is 0 Å². The van der Waals surface area contributed by atoms with Crippen molar-refractivity contribution in [2.45, 2.75) is 13.2 Å². The maximum absolute atomic E-state index is 12.3. The van der Waals surface area contributed by atoms with Gasteiger partial charge in [-0.3, -0.25) is 0 Å². The summed E-state index contributed by atoms with van der Waals surface area (Å²) in [5.41, 5.74) is 3.36. The van der Waals surface area contributed by atoms with Crippen LogP contribution in [0.3, 0.4) is 0 Å². The molecule has 3 aromatic rings. The summed E-state index contributed by atoms with van der Waals surface area (Å²) in [4.78, 5) is 14.3. The van der Waals surface area contributed by atoms with Crippen LogP contribution in [0.4, 0.5) is 11.4 Å². The monoisotopic (exact) mass is 345 g/mol. The highest BCUT2D eigenvalue weighted by molar-refractivity contribution is 5.94. The Kier molecular flexibility index (Phi) is 4.32. The molecule has 0 bridgehead atoms. The number of nitrogens with zero attached hydrogens (tertiary/aromatic N) is 1. The summed E-state index contributed by atoms with van der Waals surface area (Å²) in [7, 11) is 0. The van der Waals surface area contributed by atoms with Crippen LogP contribution >= 0.6 is 0 Å². The molecule has 0 aromatic heterocycles. The zero-order valence-electron chi connectivity index (χ0n) is 14.5. The fraction of sp³-hybridized carbons (Fsp3) is 0.136. The molecule has 0 saturated heterocycles. The standard InChI is InChI=1S/C22H19NO3/c1-2-25-18-14-12-17(13-15-18)23(16-8-4-3-5-9-16)21-19-10-6-7-11-20(19)22(24)26-21/h3-15,21H,2H2,1H3. The van der Waals surface area contributed by atoms with Gasteiger partial charge in [0.05, 0.1) is 12.2 Å². The molecule has 130 valence electrons. The van der Waals surface area contributed by atoms with Crippen LogP contribution in [0.5, 0.6) is 5.75 Å². The molecule has 3 aromatic carbocycles. The van der Waals surface area contributed by atoms with E-state index >= 15 is 0 Å². The number of cyclic esters (lactones) is 1. The average molecular weight is 345 g/mol. The van der Waals surface area contributed by atoms with Crippen LogP contribution in [0, 0.1) is 0 Å². The van der Waals surface area contributed by atoms with E-state index < -0.39 is 6.23 Å². The minimum absolute atomic E-state index is 0.294. The topological polar surface area (TPSA) is 38.8 Å². The molecule has 1 heterocycles. The largest absolute Gasteiger partial charge is 0.494 e. The zero-order chi connectivity index (χ0) is 17.9. The molecule has 1 unspecified atom stereocenters. The first-order valence-electron chi connectivity index (χ1n) is 8.65. The van der Waals surface area contributed by atoms with Gasteiger partial charge in [0.2, 0.25) is 6.23 Å². The van der Waals surface area contributed by atoms with Crippen molar-refractivity contribution in [1.29, 1.82) is 0 Å². The van der Waals surface area contributed by atoms with Crippen LogP contribution < -0.4 is 9.64 Å². The number of hydrogen-bond acceptors (Lipinski definition) is 4. The molecule has 0 radical (unpaired) electrons. The Morgan fingerprint density at radius 1 is 0.885 bits per heavy atom. The van der Waals surface area contributed by atoms with Gasteiger partial charge in [0.1, 0.15) is 5.75 Å². The summed E-state index contributed by atoms with van der Waals surface area (Å²) in [6.45, 7) is 2.58. The molecular formula is C22H19NO3. The first-order valence-corrected chi connectivity index (χ1v) is 8.65. The molecule has 4 heteroatoms. The molecular weight excluding hydrogens is 326 g/mol. The smallest absolute Gasteiger partial charge is 0.340 e. The van der Waals surface area contributed by atoms with Gasteiger partial charge in [-0.2, -0.15) is 0 Å². The van der Waals surface area contributed by atoms with E-state index in [1.165, 1.54) is 0 Å². The Balaban J connectivity index is 1.79. The maximum Gasteiger partial charge on any atom is 0.340 e. The fourth-order valence-electron chi connectivity index (χ4n) is 3.20. The van der Waals surface area contributed by atoms with Gasteiger partial charge >= 0.3 is 5.97 Å². The summed E-state index contributed by atoms with van der Waals surface area (Å²) in [5, 5.41) is 0. The van der Waals surface area contributed by atoms with Gasteiger partial charge < -0.3 is 14.4 Å². The van der Waals surface area contributed by atoms with Crippen molar-refractivity contribution >= 4 is 17.3 Å². The van der Waals surface area contributed by atoms with E-state index in [9.17, 15) is 4.79 Å². The summed E-state index contributed by atoms with van der Waals surface area (Å²) in [5.74, 6) is 0.519. The van der Waals surface area contributed by atoms with E-state index in [1.54, 1.807) is 6.07 Å². The average Bonchev–Trinajstić information content (AvgIpc) is 3.01. The number of anilines is 2. The molecule has 1 aliphatic rings. The third-order valence-electron chi connectivity index (χ3n) is 4.36. The highest BCUT2D eigenvalue weighted by Crippen LogP contribution is 2.41. The Labute approximate surface area is 152 Å². The molecule has 26 heavy (non-hydrogen) atoms. The van der Waals surface area contributed by atoms with Gasteiger partial charge in [0, 0.05) is 16.9 Å². The van der Waals surface area contributed by atoms with Crippen molar-refractivity contribution < 1.29 is 14.3 Å². The predicted molar refractivity (Wildman–Crippen MR) is 101 cm³/mol. The third kappa shape index (κ3) is 2.90. The minimum atomic E-state index is -0.501. The first-order chi connectivity index (χ1) is 12.8. The lowest BCUT2D eigenvalue weighted by Gasteiger charge is -2.30. The van der Waals surface area contributed by atoms with Crippen LogP contribution in [-0.4, -0.2) is 12.6 Å². The molecule has 4 rings (SSSR count). The van der Waals surface area contributed by atoms with Crippen molar-refractivity contribution in [3.05, 3.63) is 90.0 Å². The van der Waals surface area contributed by atoms with Crippen molar-refractivity contribution in [3.8, 4) is 5.75 Å². The van der Waals surface area contributed by atoms with E-state index in [4.69, 9.17) is 9.47 Å². The van der Waals surface area contributed by atoms with Crippen LogP contribution in [-0.2, 0) is 4.74 Å². The van der Waals surface area contributed by atoms with Gasteiger partial charge in [-0.05, 0) is 49.4 Å². The quantitative estimate of drug-likeness (QED) is 0.604. The van der Waals surface area contributed by atoms with E-state index in [2.05, 4.69) is 0 Å². The van der Waals surface area contributed by atoms with Crippen molar-refractivity contribution in [2.24, 2.45) is 0 Å². The fourth-order valence-corrected chi connectivity index (χ4v) is 3.20. The summed E-state index contributed by atoms with van der Waals surface area (Å²) in [6.07, 6.45) is -0.501. The predicted octanol–water partition coefficient (Wildman–Crippen LogP) is 5.09. The van der Waals surface area contributed by atoms with Crippen molar-refractivity contribution in [1.82, 2.24) is 0 Å². The SMILES string of the molecule is CCOc1ccc(N(c2ccccc2)C2OC(=O)c3ccccc32)cc1. The number of ether oxygens (including phenoxy) is 2. The lowest BCUT2D eigenvalue weighted by atomic mass is 10.1. The number of benzene rings is 3.